The van der Waals surface area contributed by atoms with Crippen LogP contribution in [0.4, 0.5) is 0 Å². The topological polar surface area (TPSA) is 91.7 Å². The first-order valence-corrected chi connectivity index (χ1v) is 8.63. The van der Waals surface area contributed by atoms with E-state index in [9.17, 15) is 14.4 Å². The van der Waals surface area contributed by atoms with Gasteiger partial charge in [0.1, 0.15) is 0 Å². The van der Waals surface area contributed by atoms with Crippen molar-refractivity contribution in [3.05, 3.63) is 45.0 Å². The van der Waals surface area contributed by atoms with Gasteiger partial charge in [0.15, 0.2) is 5.76 Å². The SMILES string of the molecule is CN(Cc1ccc(Br)s1)C(=O)CNC(=O)CNC(=O)c1ccco1. The molecule has 0 aromatic carbocycles. The van der Waals surface area contributed by atoms with Crippen LogP contribution in [0.1, 0.15) is 15.4 Å². The molecule has 0 aliphatic heterocycles. The third-order valence-corrected chi connectivity index (χ3v) is 4.65. The molecule has 0 bridgehead atoms. The standard InChI is InChI=1S/C15H16BrN3O4S/c1-19(9-10-4-5-12(16)24-10)14(21)8-17-13(20)7-18-15(22)11-3-2-6-23-11/h2-6H,7-9H2,1H3,(H,17,20)(H,18,22). The van der Waals surface area contributed by atoms with E-state index in [0.29, 0.717) is 6.54 Å². The summed E-state index contributed by atoms with van der Waals surface area (Å²) in [6, 6.07) is 6.92. The molecule has 2 heterocycles. The second-order valence-electron chi connectivity index (χ2n) is 4.89. The number of carbonyl (C=O) groups is 3. The van der Waals surface area contributed by atoms with Gasteiger partial charge in [-0.2, -0.15) is 0 Å². The van der Waals surface area contributed by atoms with E-state index in [1.54, 1.807) is 24.5 Å². The van der Waals surface area contributed by atoms with Crippen LogP contribution in [0.15, 0.2) is 38.7 Å². The second-order valence-corrected chi connectivity index (χ2v) is 7.44. The van der Waals surface area contributed by atoms with E-state index in [2.05, 4.69) is 26.6 Å². The maximum absolute atomic E-state index is 12.0. The highest BCUT2D eigenvalue weighted by Gasteiger charge is 2.13. The zero-order valence-electron chi connectivity index (χ0n) is 12.9. The average Bonchev–Trinajstić information content (AvgIpc) is 3.22. The third kappa shape index (κ3) is 5.50. The van der Waals surface area contributed by atoms with Crippen molar-refractivity contribution >= 4 is 45.0 Å². The van der Waals surface area contributed by atoms with Gasteiger partial charge in [0.25, 0.3) is 5.91 Å². The quantitative estimate of drug-likeness (QED) is 0.720. The summed E-state index contributed by atoms with van der Waals surface area (Å²) in [6.45, 7) is 0.118. The molecular formula is C15H16BrN3O4S. The van der Waals surface area contributed by atoms with Crippen molar-refractivity contribution in [3.63, 3.8) is 0 Å². The largest absolute Gasteiger partial charge is 0.459 e. The van der Waals surface area contributed by atoms with Crippen molar-refractivity contribution in [2.45, 2.75) is 6.54 Å². The predicted octanol–water partition coefficient (Wildman–Crippen LogP) is 1.61. The summed E-state index contributed by atoms with van der Waals surface area (Å²) in [5.41, 5.74) is 0. The van der Waals surface area contributed by atoms with Crippen LogP contribution in [0, 0.1) is 0 Å². The summed E-state index contributed by atoms with van der Waals surface area (Å²) in [4.78, 5) is 37.8. The third-order valence-electron chi connectivity index (χ3n) is 3.04. The number of likely N-dealkylation sites (N-methyl/N-ethyl adjacent to an activating group) is 1. The molecule has 0 fully saturated rings. The number of rotatable bonds is 7. The Morgan fingerprint density at radius 2 is 2.00 bits per heavy atom. The van der Waals surface area contributed by atoms with Crippen LogP contribution in [0.25, 0.3) is 0 Å². The molecule has 24 heavy (non-hydrogen) atoms. The fourth-order valence-electron chi connectivity index (χ4n) is 1.79. The summed E-state index contributed by atoms with van der Waals surface area (Å²) in [6.07, 6.45) is 1.37. The summed E-state index contributed by atoms with van der Waals surface area (Å²) < 4.78 is 5.91. The molecule has 2 rings (SSSR count). The Balaban J connectivity index is 1.68. The molecule has 0 aliphatic carbocycles. The lowest BCUT2D eigenvalue weighted by atomic mass is 10.4. The van der Waals surface area contributed by atoms with Crippen LogP contribution < -0.4 is 10.6 Å². The lowest BCUT2D eigenvalue weighted by Crippen LogP contribution is -2.42. The molecule has 9 heteroatoms. The number of nitrogens with zero attached hydrogens (tertiary/aromatic N) is 1. The highest BCUT2D eigenvalue weighted by Crippen LogP contribution is 2.22. The van der Waals surface area contributed by atoms with Crippen molar-refractivity contribution < 1.29 is 18.8 Å². The Kier molecular flexibility index (Phi) is 6.56. The van der Waals surface area contributed by atoms with Crippen molar-refractivity contribution in [1.82, 2.24) is 15.5 Å². The van der Waals surface area contributed by atoms with E-state index >= 15 is 0 Å². The van der Waals surface area contributed by atoms with Crippen LogP contribution in [0.2, 0.25) is 0 Å². The number of amides is 3. The molecule has 2 aromatic rings. The number of nitrogens with one attached hydrogen (secondary N) is 2. The van der Waals surface area contributed by atoms with E-state index in [1.807, 2.05) is 12.1 Å². The Bertz CT molecular complexity index is 714. The molecule has 2 N–H and O–H groups in total. The number of hydrogen-bond donors (Lipinski definition) is 2. The van der Waals surface area contributed by atoms with Gasteiger partial charge in [0.2, 0.25) is 11.8 Å². The van der Waals surface area contributed by atoms with Gasteiger partial charge in [-0.25, -0.2) is 0 Å². The first kappa shape index (κ1) is 18.2. The Morgan fingerprint density at radius 1 is 1.21 bits per heavy atom. The summed E-state index contributed by atoms with van der Waals surface area (Å²) in [7, 11) is 1.67. The Labute approximate surface area is 151 Å². The van der Waals surface area contributed by atoms with Crippen molar-refractivity contribution in [1.29, 1.82) is 0 Å². The zero-order valence-corrected chi connectivity index (χ0v) is 15.3. The Morgan fingerprint density at radius 3 is 2.62 bits per heavy atom. The molecule has 2 aromatic heterocycles. The lowest BCUT2D eigenvalue weighted by molar-refractivity contribution is -0.132. The molecule has 128 valence electrons. The second kappa shape index (κ2) is 8.65. The normalized spacial score (nSPS) is 10.2. The molecule has 0 saturated carbocycles. The van der Waals surface area contributed by atoms with E-state index in [-0.39, 0.29) is 24.8 Å². The molecule has 3 amide bonds. The number of carbonyl (C=O) groups excluding carboxylic acids is 3. The number of hydrogen-bond acceptors (Lipinski definition) is 5. The maximum atomic E-state index is 12.0. The fourth-order valence-corrected chi connectivity index (χ4v) is 3.32. The van der Waals surface area contributed by atoms with Crippen LogP contribution in [-0.2, 0) is 16.1 Å². The van der Waals surface area contributed by atoms with Gasteiger partial charge < -0.3 is 20.0 Å². The molecule has 0 aliphatic rings. The maximum Gasteiger partial charge on any atom is 0.287 e. The minimum absolute atomic E-state index is 0.126. The van der Waals surface area contributed by atoms with E-state index in [4.69, 9.17) is 4.42 Å². The van der Waals surface area contributed by atoms with Crippen LogP contribution in [0.5, 0.6) is 0 Å². The van der Waals surface area contributed by atoms with Crippen molar-refractivity contribution in [2.24, 2.45) is 0 Å². The smallest absolute Gasteiger partial charge is 0.287 e. The van der Waals surface area contributed by atoms with Crippen LogP contribution in [0.3, 0.4) is 0 Å². The highest BCUT2D eigenvalue weighted by molar-refractivity contribution is 9.11. The minimum atomic E-state index is -0.484. The number of halogens is 1. The zero-order chi connectivity index (χ0) is 17.5. The van der Waals surface area contributed by atoms with Crippen molar-refractivity contribution in [3.8, 4) is 0 Å². The molecule has 0 atom stereocenters. The van der Waals surface area contributed by atoms with Gasteiger partial charge in [0, 0.05) is 11.9 Å². The van der Waals surface area contributed by atoms with Gasteiger partial charge in [-0.15, -0.1) is 11.3 Å². The molecule has 0 radical (unpaired) electrons. The van der Waals surface area contributed by atoms with Gasteiger partial charge in [-0.1, -0.05) is 0 Å². The molecule has 0 spiro atoms. The van der Waals surface area contributed by atoms with Gasteiger partial charge in [-0.3, -0.25) is 14.4 Å². The number of furan rings is 1. The Hall–Kier alpha value is -2.13. The predicted molar refractivity (Wildman–Crippen MR) is 92.5 cm³/mol. The lowest BCUT2D eigenvalue weighted by Gasteiger charge is -2.16. The summed E-state index contributed by atoms with van der Waals surface area (Å²) >= 11 is 4.92. The summed E-state index contributed by atoms with van der Waals surface area (Å²) in [5.74, 6) is -1.02. The first-order chi connectivity index (χ1) is 11.5. The molecule has 0 saturated heterocycles. The highest BCUT2D eigenvalue weighted by atomic mass is 79.9. The average molecular weight is 414 g/mol. The van der Waals surface area contributed by atoms with Gasteiger partial charge >= 0.3 is 0 Å². The fraction of sp³-hybridized carbons (Fsp3) is 0.267. The van der Waals surface area contributed by atoms with E-state index in [1.165, 1.54) is 17.2 Å². The van der Waals surface area contributed by atoms with E-state index < -0.39 is 11.8 Å². The molecule has 7 nitrogen and oxygen atoms in total. The van der Waals surface area contributed by atoms with Gasteiger partial charge in [-0.05, 0) is 40.2 Å². The van der Waals surface area contributed by atoms with Crippen LogP contribution in [-0.4, -0.2) is 42.8 Å². The molecule has 0 unspecified atom stereocenters. The van der Waals surface area contributed by atoms with Crippen molar-refractivity contribution in [2.75, 3.05) is 20.1 Å². The number of thiophene rings is 1. The minimum Gasteiger partial charge on any atom is -0.459 e. The molecular weight excluding hydrogens is 398 g/mol. The first-order valence-electron chi connectivity index (χ1n) is 7.02. The van der Waals surface area contributed by atoms with E-state index in [0.717, 1.165) is 8.66 Å². The summed E-state index contributed by atoms with van der Waals surface area (Å²) in [5, 5.41) is 4.88. The van der Waals surface area contributed by atoms with Crippen LogP contribution >= 0.6 is 27.3 Å². The monoisotopic (exact) mass is 413 g/mol. The van der Waals surface area contributed by atoms with Gasteiger partial charge in [0.05, 0.1) is 29.7 Å².